The average molecular weight is 333 g/mol. The van der Waals surface area contributed by atoms with E-state index in [1.807, 2.05) is 0 Å². The fraction of sp³-hybridized carbons (Fsp3) is 0.133. The third-order valence-corrected chi connectivity index (χ3v) is 4.02. The van der Waals surface area contributed by atoms with E-state index in [-0.39, 0.29) is 24.6 Å². The smallest absolute Gasteiger partial charge is 0.309 e. The van der Waals surface area contributed by atoms with Gasteiger partial charge in [-0.1, -0.05) is 0 Å². The maximum absolute atomic E-state index is 13.1. The molecule has 3 N–H and O–H groups in total. The number of nitrogens with one attached hydrogen (secondary N) is 2. The normalized spacial score (nSPS) is 10.8. The summed E-state index contributed by atoms with van der Waals surface area (Å²) in [6, 6.07) is 4.34. The summed E-state index contributed by atoms with van der Waals surface area (Å²) in [6.45, 7) is 0. The molecule has 0 radical (unpaired) electrons. The molecular formula is C15H12FN3O3S. The molecule has 0 saturated heterocycles. The van der Waals surface area contributed by atoms with Crippen molar-refractivity contribution in [1.82, 2.24) is 9.97 Å². The van der Waals surface area contributed by atoms with E-state index in [4.69, 9.17) is 5.11 Å². The summed E-state index contributed by atoms with van der Waals surface area (Å²) in [7, 11) is 0. The van der Waals surface area contributed by atoms with Gasteiger partial charge in [-0.2, -0.15) is 0 Å². The molecule has 0 aliphatic heterocycles. The van der Waals surface area contributed by atoms with E-state index < -0.39 is 5.97 Å². The van der Waals surface area contributed by atoms with Gasteiger partial charge in [0.05, 0.1) is 18.5 Å². The van der Waals surface area contributed by atoms with Crippen LogP contribution in [0, 0.1) is 5.82 Å². The first-order valence-electron chi connectivity index (χ1n) is 6.73. The SMILES string of the molecule is O=C(O)Cc1csc(NC(=O)Cc2c[nH]c3cc(F)ccc23)n1. The lowest BCUT2D eigenvalue weighted by Gasteiger charge is -2.01. The highest BCUT2D eigenvalue weighted by Gasteiger charge is 2.12. The Kier molecular flexibility index (Phi) is 4.07. The minimum atomic E-state index is -0.973. The van der Waals surface area contributed by atoms with Crippen LogP contribution in [-0.4, -0.2) is 27.0 Å². The summed E-state index contributed by atoms with van der Waals surface area (Å²) < 4.78 is 13.1. The van der Waals surface area contributed by atoms with Crippen LogP contribution in [0.25, 0.3) is 10.9 Å². The fourth-order valence-corrected chi connectivity index (χ4v) is 2.97. The van der Waals surface area contributed by atoms with Gasteiger partial charge in [0.1, 0.15) is 5.82 Å². The second-order valence-corrected chi connectivity index (χ2v) is 5.80. The second kappa shape index (κ2) is 6.17. The number of fused-ring (bicyclic) bond motifs is 1. The number of carbonyl (C=O) groups is 2. The molecule has 3 aromatic rings. The molecule has 2 aromatic heterocycles. The lowest BCUT2D eigenvalue weighted by molar-refractivity contribution is -0.136. The Labute approximate surface area is 134 Å². The number of aliphatic carboxylic acids is 1. The molecule has 0 unspecified atom stereocenters. The van der Waals surface area contributed by atoms with Crippen LogP contribution < -0.4 is 5.32 Å². The number of aromatic nitrogens is 2. The predicted octanol–water partition coefficient (Wildman–Crippen LogP) is 2.57. The standard InChI is InChI=1S/C15H12FN3O3S/c16-9-1-2-11-8(6-17-12(11)4-9)3-13(20)19-15-18-10(7-23-15)5-14(21)22/h1-2,4,6-7,17H,3,5H2,(H,21,22)(H,18,19,20). The molecule has 0 fully saturated rings. The number of carbonyl (C=O) groups excluding carboxylic acids is 1. The van der Waals surface area contributed by atoms with Gasteiger partial charge in [0.25, 0.3) is 0 Å². The zero-order valence-corrected chi connectivity index (χ0v) is 12.6. The van der Waals surface area contributed by atoms with Crippen molar-refractivity contribution >= 4 is 39.2 Å². The largest absolute Gasteiger partial charge is 0.481 e. The van der Waals surface area contributed by atoms with Crippen molar-refractivity contribution < 1.29 is 19.1 Å². The number of H-pyrrole nitrogens is 1. The number of anilines is 1. The van der Waals surface area contributed by atoms with Crippen molar-refractivity contribution in [1.29, 1.82) is 0 Å². The number of amides is 1. The van der Waals surface area contributed by atoms with Gasteiger partial charge in [-0.15, -0.1) is 11.3 Å². The van der Waals surface area contributed by atoms with Crippen LogP contribution in [-0.2, 0) is 22.4 Å². The molecule has 0 atom stereocenters. The number of benzene rings is 1. The lowest BCUT2D eigenvalue weighted by Crippen LogP contribution is -2.14. The van der Waals surface area contributed by atoms with Gasteiger partial charge in [0.2, 0.25) is 5.91 Å². The zero-order valence-electron chi connectivity index (χ0n) is 11.8. The molecule has 0 spiro atoms. The quantitative estimate of drug-likeness (QED) is 0.669. The van der Waals surface area contributed by atoms with Crippen molar-refractivity contribution in [3.05, 3.63) is 46.9 Å². The molecule has 23 heavy (non-hydrogen) atoms. The van der Waals surface area contributed by atoms with Gasteiger partial charge in [-0.05, 0) is 23.8 Å². The molecule has 0 aliphatic carbocycles. The summed E-state index contributed by atoms with van der Waals surface area (Å²) in [5.41, 5.74) is 1.78. The molecule has 1 aromatic carbocycles. The molecule has 2 heterocycles. The summed E-state index contributed by atoms with van der Waals surface area (Å²) in [4.78, 5) is 29.6. The number of halogens is 1. The van der Waals surface area contributed by atoms with Crippen LogP contribution in [0.4, 0.5) is 9.52 Å². The van der Waals surface area contributed by atoms with Gasteiger partial charge >= 0.3 is 5.97 Å². The van der Waals surface area contributed by atoms with Crippen LogP contribution >= 0.6 is 11.3 Å². The number of thiazole rings is 1. The Morgan fingerprint density at radius 1 is 1.35 bits per heavy atom. The van der Waals surface area contributed by atoms with E-state index in [0.717, 1.165) is 10.9 Å². The van der Waals surface area contributed by atoms with Crippen molar-refractivity contribution in [3.8, 4) is 0 Å². The molecule has 8 heteroatoms. The minimum absolute atomic E-state index is 0.111. The van der Waals surface area contributed by atoms with Crippen LogP contribution in [0.5, 0.6) is 0 Å². The topological polar surface area (TPSA) is 95.1 Å². The Balaban J connectivity index is 1.69. The number of hydrogen-bond donors (Lipinski definition) is 3. The summed E-state index contributed by atoms with van der Waals surface area (Å²) in [5, 5.41) is 14.1. The lowest BCUT2D eigenvalue weighted by atomic mass is 10.1. The van der Waals surface area contributed by atoms with E-state index in [9.17, 15) is 14.0 Å². The molecule has 3 rings (SSSR count). The van der Waals surface area contributed by atoms with Crippen molar-refractivity contribution in [2.75, 3.05) is 5.32 Å². The van der Waals surface area contributed by atoms with E-state index in [1.165, 1.54) is 23.5 Å². The minimum Gasteiger partial charge on any atom is -0.481 e. The van der Waals surface area contributed by atoms with Gasteiger partial charge in [0, 0.05) is 22.5 Å². The third-order valence-electron chi connectivity index (χ3n) is 3.21. The van der Waals surface area contributed by atoms with Crippen molar-refractivity contribution in [2.24, 2.45) is 0 Å². The Morgan fingerprint density at radius 3 is 2.96 bits per heavy atom. The molecule has 0 bridgehead atoms. The van der Waals surface area contributed by atoms with Crippen LogP contribution in [0.1, 0.15) is 11.3 Å². The van der Waals surface area contributed by atoms with Crippen molar-refractivity contribution in [3.63, 3.8) is 0 Å². The average Bonchev–Trinajstić information content (AvgIpc) is 3.05. The number of hydrogen-bond acceptors (Lipinski definition) is 4. The van der Waals surface area contributed by atoms with Gasteiger partial charge in [0.15, 0.2) is 5.13 Å². The summed E-state index contributed by atoms with van der Waals surface area (Å²) in [6.07, 6.45) is 1.60. The van der Waals surface area contributed by atoms with Gasteiger partial charge in [-0.25, -0.2) is 9.37 Å². The fourth-order valence-electron chi connectivity index (χ4n) is 2.24. The second-order valence-electron chi connectivity index (χ2n) is 4.94. The van der Waals surface area contributed by atoms with Crippen molar-refractivity contribution in [2.45, 2.75) is 12.8 Å². The number of nitrogens with zero attached hydrogens (tertiary/aromatic N) is 1. The Hall–Kier alpha value is -2.74. The third kappa shape index (κ3) is 3.54. The van der Waals surface area contributed by atoms with Crippen LogP contribution in [0.2, 0.25) is 0 Å². The van der Waals surface area contributed by atoms with Crippen LogP contribution in [0.3, 0.4) is 0 Å². The predicted molar refractivity (Wildman–Crippen MR) is 84.0 cm³/mol. The van der Waals surface area contributed by atoms with Gasteiger partial charge in [-0.3, -0.25) is 9.59 Å². The highest BCUT2D eigenvalue weighted by Crippen LogP contribution is 2.21. The van der Waals surface area contributed by atoms with Crippen LogP contribution in [0.15, 0.2) is 29.8 Å². The summed E-state index contributed by atoms with van der Waals surface area (Å²) >= 11 is 1.17. The van der Waals surface area contributed by atoms with E-state index in [1.54, 1.807) is 17.6 Å². The Bertz CT molecular complexity index is 887. The van der Waals surface area contributed by atoms with Gasteiger partial charge < -0.3 is 15.4 Å². The molecule has 0 aliphatic rings. The molecule has 6 nitrogen and oxygen atoms in total. The maximum Gasteiger partial charge on any atom is 0.309 e. The van der Waals surface area contributed by atoms with E-state index >= 15 is 0 Å². The zero-order chi connectivity index (χ0) is 16.4. The number of carboxylic acids is 1. The molecule has 118 valence electrons. The Morgan fingerprint density at radius 2 is 2.17 bits per heavy atom. The number of aromatic amines is 1. The monoisotopic (exact) mass is 333 g/mol. The molecule has 1 amide bonds. The molecular weight excluding hydrogens is 321 g/mol. The first-order chi connectivity index (χ1) is 11.0. The highest BCUT2D eigenvalue weighted by molar-refractivity contribution is 7.13. The summed E-state index contributed by atoms with van der Waals surface area (Å²) in [5.74, 6) is -1.59. The van der Waals surface area contributed by atoms with E-state index in [0.29, 0.717) is 16.3 Å². The maximum atomic E-state index is 13.1. The molecule has 0 saturated carbocycles. The number of rotatable bonds is 5. The first kappa shape index (κ1) is 15.2. The highest BCUT2D eigenvalue weighted by atomic mass is 32.1. The number of carboxylic acid groups (broad SMARTS) is 1. The first-order valence-corrected chi connectivity index (χ1v) is 7.61. The van der Waals surface area contributed by atoms with E-state index in [2.05, 4.69) is 15.3 Å².